The number of halogens is 1. The van der Waals surface area contributed by atoms with Crippen molar-refractivity contribution in [2.24, 2.45) is 5.10 Å². The van der Waals surface area contributed by atoms with E-state index in [1.54, 1.807) is 12.1 Å². The minimum absolute atomic E-state index is 0.0529. The first kappa shape index (κ1) is 15.0. The Labute approximate surface area is 126 Å². The predicted octanol–water partition coefficient (Wildman–Crippen LogP) is 2.05. The van der Waals surface area contributed by atoms with E-state index in [1.807, 2.05) is 19.9 Å². The van der Waals surface area contributed by atoms with E-state index in [2.05, 4.69) is 25.7 Å². The zero-order chi connectivity index (χ0) is 15.2. The number of hydrazone groups is 1. The monoisotopic (exact) mass is 307 g/mol. The van der Waals surface area contributed by atoms with Crippen LogP contribution in [0.25, 0.3) is 0 Å². The number of hydrogen-bond donors (Lipinski definition) is 2. The predicted molar refractivity (Wildman–Crippen MR) is 81.1 cm³/mol. The summed E-state index contributed by atoms with van der Waals surface area (Å²) in [5.74, 6) is 0.777. The molecule has 0 fully saturated rings. The number of H-pyrrole nitrogens is 1. The van der Waals surface area contributed by atoms with Crippen LogP contribution in [-0.4, -0.2) is 27.5 Å². The molecular weight excluding hydrogens is 294 g/mol. The average molecular weight is 308 g/mol. The number of nitrogens with one attached hydrogen (secondary N) is 2. The Kier molecular flexibility index (Phi) is 4.89. The van der Waals surface area contributed by atoms with E-state index in [-0.39, 0.29) is 17.6 Å². The maximum Gasteiger partial charge on any atom is 0.271 e. The van der Waals surface area contributed by atoms with E-state index in [0.717, 1.165) is 11.8 Å². The molecule has 0 spiro atoms. The van der Waals surface area contributed by atoms with E-state index < -0.39 is 0 Å². The molecule has 0 saturated heterocycles. The minimum atomic E-state index is -0.360. The van der Waals surface area contributed by atoms with E-state index >= 15 is 0 Å². The molecule has 0 atom stereocenters. The topological polar surface area (TPSA) is 92.3 Å². The molecule has 0 bridgehead atoms. The third-order valence-electron chi connectivity index (χ3n) is 2.28. The van der Waals surface area contributed by atoms with Crippen LogP contribution in [0.4, 0.5) is 5.95 Å². The second-order valence-corrected chi connectivity index (χ2v) is 4.82. The van der Waals surface area contributed by atoms with E-state index in [4.69, 9.17) is 16.3 Å². The fourth-order valence-electron chi connectivity index (χ4n) is 1.48. The Balaban J connectivity index is 2.04. The van der Waals surface area contributed by atoms with Gasteiger partial charge in [0.2, 0.25) is 5.95 Å². The van der Waals surface area contributed by atoms with Crippen LogP contribution in [0.3, 0.4) is 0 Å². The Bertz CT molecular complexity index is 699. The highest BCUT2D eigenvalue weighted by Crippen LogP contribution is 2.25. The second kappa shape index (κ2) is 6.85. The fourth-order valence-corrected chi connectivity index (χ4v) is 1.71. The van der Waals surface area contributed by atoms with Gasteiger partial charge in [0.1, 0.15) is 11.9 Å². The van der Waals surface area contributed by atoms with Gasteiger partial charge in [0.25, 0.3) is 5.56 Å². The molecule has 8 heteroatoms. The lowest BCUT2D eigenvalue weighted by Crippen LogP contribution is -2.10. The van der Waals surface area contributed by atoms with Crippen molar-refractivity contribution in [3.8, 4) is 5.75 Å². The molecule has 2 N–H and O–H groups in total. The van der Waals surface area contributed by atoms with Gasteiger partial charge in [-0.2, -0.15) is 5.10 Å². The number of nitrogens with zero attached hydrogens (tertiary/aromatic N) is 3. The summed E-state index contributed by atoms with van der Waals surface area (Å²) in [5.41, 5.74) is 2.98. The molecule has 1 heterocycles. The Hall–Kier alpha value is -2.41. The second-order valence-electron chi connectivity index (χ2n) is 4.41. The zero-order valence-corrected chi connectivity index (χ0v) is 12.3. The standard InChI is InChI=1S/C13H14ClN5O2/c1-8(2)21-11-4-3-9(5-10(11)14)6-15-18-13-17-12(20)7-16-19-13/h3-8H,1-2H3,(H2,17,18,19,20)/b15-6+. The van der Waals surface area contributed by atoms with Gasteiger partial charge >= 0.3 is 0 Å². The van der Waals surface area contributed by atoms with Gasteiger partial charge in [-0.3, -0.25) is 9.78 Å². The summed E-state index contributed by atoms with van der Waals surface area (Å²) >= 11 is 6.11. The molecule has 1 aromatic heterocycles. The Morgan fingerprint density at radius 2 is 2.29 bits per heavy atom. The highest BCUT2D eigenvalue weighted by atomic mass is 35.5. The normalized spacial score (nSPS) is 11.0. The highest BCUT2D eigenvalue weighted by Gasteiger charge is 2.04. The van der Waals surface area contributed by atoms with Crippen molar-refractivity contribution in [2.45, 2.75) is 20.0 Å². The molecule has 110 valence electrons. The van der Waals surface area contributed by atoms with Gasteiger partial charge in [-0.25, -0.2) is 5.43 Å². The fraction of sp³-hybridized carbons (Fsp3) is 0.231. The number of ether oxygens (including phenoxy) is 1. The number of rotatable bonds is 5. The van der Waals surface area contributed by atoms with Crippen molar-refractivity contribution in [2.75, 3.05) is 5.43 Å². The largest absolute Gasteiger partial charge is 0.489 e. The van der Waals surface area contributed by atoms with Gasteiger partial charge in [-0.1, -0.05) is 11.6 Å². The summed E-state index contributed by atoms with van der Waals surface area (Å²) in [5, 5.41) is 11.6. The van der Waals surface area contributed by atoms with Crippen LogP contribution in [-0.2, 0) is 0 Å². The molecule has 0 aliphatic carbocycles. The summed E-state index contributed by atoms with van der Waals surface area (Å²) in [6.45, 7) is 3.86. The number of aromatic nitrogens is 3. The number of aromatic amines is 1. The SMILES string of the molecule is CC(C)Oc1ccc(/C=N/Nc2nncc(=O)[nH]2)cc1Cl. The third kappa shape index (κ3) is 4.57. The first-order valence-corrected chi connectivity index (χ1v) is 6.59. The van der Waals surface area contributed by atoms with Crippen molar-refractivity contribution in [3.05, 3.63) is 45.3 Å². The number of benzene rings is 1. The lowest BCUT2D eigenvalue weighted by atomic mass is 10.2. The minimum Gasteiger partial charge on any atom is -0.489 e. The van der Waals surface area contributed by atoms with Gasteiger partial charge in [0.05, 0.1) is 17.3 Å². The maximum atomic E-state index is 11.0. The average Bonchev–Trinajstić information content (AvgIpc) is 2.41. The Morgan fingerprint density at radius 1 is 1.48 bits per heavy atom. The van der Waals surface area contributed by atoms with E-state index in [9.17, 15) is 4.79 Å². The molecular formula is C13H14ClN5O2. The summed E-state index contributed by atoms with van der Waals surface area (Å²) in [4.78, 5) is 13.4. The summed E-state index contributed by atoms with van der Waals surface area (Å²) in [7, 11) is 0. The van der Waals surface area contributed by atoms with Crippen molar-refractivity contribution in [1.82, 2.24) is 15.2 Å². The van der Waals surface area contributed by atoms with Gasteiger partial charge in [0.15, 0.2) is 0 Å². The van der Waals surface area contributed by atoms with E-state index in [1.165, 1.54) is 6.21 Å². The molecule has 2 aromatic rings. The molecule has 21 heavy (non-hydrogen) atoms. The molecule has 0 unspecified atom stereocenters. The lowest BCUT2D eigenvalue weighted by Gasteiger charge is -2.11. The lowest BCUT2D eigenvalue weighted by molar-refractivity contribution is 0.242. The van der Waals surface area contributed by atoms with Gasteiger partial charge in [-0.05, 0) is 37.6 Å². The quantitative estimate of drug-likeness (QED) is 0.651. The molecule has 0 amide bonds. The summed E-state index contributed by atoms with van der Waals surface area (Å²) < 4.78 is 5.54. The van der Waals surface area contributed by atoms with Crippen molar-refractivity contribution in [1.29, 1.82) is 0 Å². The first-order valence-electron chi connectivity index (χ1n) is 6.22. The van der Waals surface area contributed by atoms with Crippen molar-refractivity contribution < 1.29 is 4.74 Å². The van der Waals surface area contributed by atoms with Crippen LogP contribution in [0.1, 0.15) is 19.4 Å². The van der Waals surface area contributed by atoms with Crippen LogP contribution in [0.5, 0.6) is 5.75 Å². The molecule has 2 rings (SSSR count). The van der Waals surface area contributed by atoms with Crippen LogP contribution in [0, 0.1) is 0 Å². The maximum absolute atomic E-state index is 11.0. The molecule has 7 nitrogen and oxygen atoms in total. The van der Waals surface area contributed by atoms with Crippen LogP contribution in [0.2, 0.25) is 5.02 Å². The van der Waals surface area contributed by atoms with Gasteiger partial charge < -0.3 is 4.74 Å². The van der Waals surface area contributed by atoms with E-state index in [0.29, 0.717) is 10.8 Å². The molecule has 0 radical (unpaired) electrons. The van der Waals surface area contributed by atoms with Crippen LogP contribution in [0.15, 0.2) is 34.3 Å². The molecule has 0 saturated carbocycles. The van der Waals surface area contributed by atoms with Crippen LogP contribution >= 0.6 is 11.6 Å². The van der Waals surface area contributed by atoms with Crippen molar-refractivity contribution >= 4 is 23.8 Å². The molecule has 0 aliphatic heterocycles. The number of hydrogen-bond acceptors (Lipinski definition) is 6. The van der Waals surface area contributed by atoms with Gasteiger partial charge in [-0.15, -0.1) is 10.2 Å². The molecule has 1 aromatic carbocycles. The Morgan fingerprint density at radius 3 is 2.95 bits per heavy atom. The summed E-state index contributed by atoms with van der Waals surface area (Å²) in [6.07, 6.45) is 2.66. The van der Waals surface area contributed by atoms with Gasteiger partial charge in [0, 0.05) is 0 Å². The highest BCUT2D eigenvalue weighted by molar-refractivity contribution is 6.32. The third-order valence-corrected chi connectivity index (χ3v) is 2.57. The smallest absolute Gasteiger partial charge is 0.271 e. The number of anilines is 1. The summed E-state index contributed by atoms with van der Waals surface area (Å²) in [6, 6.07) is 5.31. The van der Waals surface area contributed by atoms with Crippen LogP contribution < -0.4 is 15.7 Å². The zero-order valence-electron chi connectivity index (χ0n) is 11.5. The molecule has 0 aliphatic rings. The first-order chi connectivity index (χ1) is 10.0. The van der Waals surface area contributed by atoms with Crippen molar-refractivity contribution in [3.63, 3.8) is 0 Å².